The number of nitrogens with one attached hydrogen (secondary N) is 2. The number of carbonyl (C=O) groups is 1. The molecule has 0 aliphatic heterocycles. The van der Waals surface area contributed by atoms with Gasteiger partial charge in [0.05, 0.1) is 17.5 Å². The van der Waals surface area contributed by atoms with E-state index in [1.165, 1.54) is 11.3 Å². The number of pyridine rings is 1. The number of hydrogen-bond donors (Lipinski definition) is 2. The number of thiazole rings is 1. The number of carbonyl (C=O) groups excluding carboxylic acids is 1. The highest BCUT2D eigenvalue weighted by atomic mass is 32.1. The van der Waals surface area contributed by atoms with E-state index in [0.29, 0.717) is 16.5 Å². The van der Waals surface area contributed by atoms with Crippen LogP contribution < -0.4 is 5.32 Å². The molecule has 0 aliphatic rings. The molecular weight excluding hydrogens is 348 g/mol. The fraction of sp³-hybridized carbons (Fsp3) is 0.211. The summed E-state index contributed by atoms with van der Waals surface area (Å²) in [6.07, 6.45) is 6.86. The lowest BCUT2D eigenvalue weighted by molar-refractivity contribution is 0.102. The van der Waals surface area contributed by atoms with Gasteiger partial charge in [-0.1, -0.05) is 6.92 Å². The van der Waals surface area contributed by atoms with Crippen molar-refractivity contribution in [3.8, 4) is 11.3 Å². The molecule has 0 bridgehead atoms. The molecule has 7 heteroatoms. The second-order valence-corrected chi connectivity index (χ2v) is 7.19. The maximum Gasteiger partial charge on any atom is 0.260 e. The molecule has 0 aromatic carbocycles. The zero-order chi connectivity index (χ0) is 18.1. The van der Waals surface area contributed by atoms with E-state index in [1.54, 1.807) is 18.5 Å². The van der Waals surface area contributed by atoms with Crippen LogP contribution in [0.25, 0.3) is 22.3 Å². The Morgan fingerprint density at radius 2 is 2.27 bits per heavy atom. The Bertz CT molecular complexity index is 1080. The van der Waals surface area contributed by atoms with Gasteiger partial charge in [-0.25, -0.2) is 9.97 Å². The third-order valence-corrected chi connectivity index (χ3v) is 5.08. The Labute approximate surface area is 154 Å². The van der Waals surface area contributed by atoms with Crippen molar-refractivity contribution in [1.29, 1.82) is 0 Å². The first-order valence-corrected chi connectivity index (χ1v) is 9.26. The van der Waals surface area contributed by atoms with Crippen LogP contribution in [0.2, 0.25) is 0 Å². The van der Waals surface area contributed by atoms with Gasteiger partial charge < -0.3 is 9.40 Å². The number of furan rings is 1. The number of nitrogens with zero attached hydrogens (tertiary/aromatic N) is 2. The van der Waals surface area contributed by atoms with Crippen LogP contribution in [0.15, 0.2) is 41.3 Å². The second-order valence-electron chi connectivity index (χ2n) is 5.99. The highest BCUT2D eigenvalue weighted by Crippen LogP contribution is 2.34. The number of anilines is 1. The van der Waals surface area contributed by atoms with E-state index in [-0.39, 0.29) is 5.91 Å². The lowest BCUT2D eigenvalue weighted by Gasteiger charge is -2.01. The van der Waals surface area contributed by atoms with E-state index in [1.807, 2.05) is 25.3 Å². The predicted molar refractivity (Wildman–Crippen MR) is 103 cm³/mol. The molecule has 0 radical (unpaired) electrons. The average molecular weight is 366 g/mol. The zero-order valence-electron chi connectivity index (χ0n) is 14.5. The minimum atomic E-state index is -0.192. The number of rotatable bonds is 5. The normalized spacial score (nSPS) is 11.2. The second kappa shape index (κ2) is 6.76. The smallest absolute Gasteiger partial charge is 0.260 e. The van der Waals surface area contributed by atoms with E-state index in [0.717, 1.165) is 40.0 Å². The Hall–Kier alpha value is -2.93. The Morgan fingerprint density at radius 3 is 3.12 bits per heavy atom. The molecule has 4 aromatic heterocycles. The molecule has 0 aliphatic carbocycles. The van der Waals surface area contributed by atoms with Gasteiger partial charge in [0.25, 0.3) is 5.91 Å². The van der Waals surface area contributed by atoms with E-state index < -0.39 is 0 Å². The van der Waals surface area contributed by atoms with Crippen LogP contribution >= 0.6 is 11.3 Å². The number of H-pyrrole nitrogens is 1. The first-order chi connectivity index (χ1) is 12.7. The van der Waals surface area contributed by atoms with Gasteiger partial charge in [0.1, 0.15) is 11.4 Å². The predicted octanol–water partition coefficient (Wildman–Crippen LogP) is 4.79. The first-order valence-electron chi connectivity index (χ1n) is 8.45. The van der Waals surface area contributed by atoms with Crippen LogP contribution in [-0.4, -0.2) is 20.9 Å². The fourth-order valence-electron chi connectivity index (χ4n) is 2.98. The summed E-state index contributed by atoms with van der Waals surface area (Å²) in [5.41, 5.74) is 3.23. The molecule has 6 nitrogen and oxygen atoms in total. The lowest BCUT2D eigenvalue weighted by atomic mass is 10.1. The van der Waals surface area contributed by atoms with Crippen molar-refractivity contribution in [2.24, 2.45) is 0 Å². The minimum Gasteiger partial charge on any atom is -0.469 e. The van der Waals surface area contributed by atoms with Crippen molar-refractivity contribution in [1.82, 2.24) is 15.0 Å². The van der Waals surface area contributed by atoms with Crippen LogP contribution in [0.3, 0.4) is 0 Å². The lowest BCUT2D eigenvalue weighted by Crippen LogP contribution is -2.12. The minimum absolute atomic E-state index is 0.192. The van der Waals surface area contributed by atoms with Crippen LogP contribution in [0.1, 0.15) is 34.3 Å². The number of hydrogen-bond acceptors (Lipinski definition) is 5. The molecule has 0 spiro atoms. The molecule has 0 unspecified atom stereocenters. The van der Waals surface area contributed by atoms with E-state index in [9.17, 15) is 4.79 Å². The maximum absolute atomic E-state index is 12.6. The molecule has 26 heavy (non-hydrogen) atoms. The van der Waals surface area contributed by atoms with E-state index in [2.05, 4.69) is 27.2 Å². The third kappa shape index (κ3) is 2.90. The topological polar surface area (TPSA) is 83.8 Å². The van der Waals surface area contributed by atoms with Gasteiger partial charge in [-0.05, 0) is 31.5 Å². The Morgan fingerprint density at radius 1 is 1.38 bits per heavy atom. The Balaban J connectivity index is 1.63. The quantitative estimate of drug-likeness (QED) is 0.532. The number of fused-ring (bicyclic) bond motifs is 1. The van der Waals surface area contributed by atoms with Gasteiger partial charge in [0, 0.05) is 34.6 Å². The summed E-state index contributed by atoms with van der Waals surface area (Å²) < 4.78 is 5.41. The molecule has 1 amide bonds. The summed E-state index contributed by atoms with van der Waals surface area (Å²) in [7, 11) is 0. The monoisotopic (exact) mass is 366 g/mol. The fourth-order valence-corrected chi connectivity index (χ4v) is 3.80. The molecule has 0 fully saturated rings. The molecule has 4 aromatic rings. The van der Waals surface area contributed by atoms with Crippen LogP contribution in [-0.2, 0) is 6.42 Å². The summed E-state index contributed by atoms with van der Waals surface area (Å²) in [5, 5.41) is 4.48. The van der Waals surface area contributed by atoms with Crippen LogP contribution in [0.5, 0.6) is 0 Å². The molecular formula is C19H18N4O2S. The molecule has 4 rings (SSSR count). The van der Waals surface area contributed by atoms with E-state index >= 15 is 0 Å². The van der Waals surface area contributed by atoms with E-state index in [4.69, 9.17) is 4.42 Å². The van der Waals surface area contributed by atoms with Gasteiger partial charge in [-0.3, -0.25) is 10.1 Å². The standard InChI is InChI=1S/C19H18N4O2S/c1-3-5-15-13(7-9-25-15)18(24)23-19-22-16(11(2)26-19)14-10-21-17-12(14)6-4-8-20-17/h4,6-10H,3,5H2,1-2H3,(H,20,21)(H,22,23,24). The van der Waals surface area contributed by atoms with Crippen molar-refractivity contribution in [3.63, 3.8) is 0 Å². The van der Waals surface area contributed by atoms with Gasteiger partial charge >= 0.3 is 0 Å². The SMILES string of the molecule is CCCc1occc1C(=O)Nc1nc(-c2c[nH]c3ncccc23)c(C)s1. The molecule has 0 saturated carbocycles. The highest BCUT2D eigenvalue weighted by molar-refractivity contribution is 7.16. The van der Waals surface area contributed by atoms with Crippen molar-refractivity contribution < 1.29 is 9.21 Å². The zero-order valence-corrected chi connectivity index (χ0v) is 15.3. The molecule has 2 N–H and O–H groups in total. The number of aryl methyl sites for hydroxylation is 2. The van der Waals surface area contributed by atoms with Crippen molar-refractivity contribution >= 4 is 33.4 Å². The third-order valence-electron chi connectivity index (χ3n) is 4.19. The molecule has 4 heterocycles. The van der Waals surface area contributed by atoms with Crippen LogP contribution in [0, 0.1) is 6.92 Å². The summed E-state index contributed by atoms with van der Waals surface area (Å²) in [5.74, 6) is 0.518. The van der Waals surface area contributed by atoms with Gasteiger partial charge in [-0.2, -0.15) is 0 Å². The number of aromatic nitrogens is 3. The molecule has 0 atom stereocenters. The highest BCUT2D eigenvalue weighted by Gasteiger charge is 2.18. The number of aromatic amines is 1. The van der Waals surface area contributed by atoms with Gasteiger partial charge in [0.15, 0.2) is 5.13 Å². The summed E-state index contributed by atoms with van der Waals surface area (Å²) >= 11 is 1.46. The number of amides is 1. The maximum atomic E-state index is 12.6. The van der Waals surface area contributed by atoms with Crippen LogP contribution in [0.4, 0.5) is 5.13 Å². The molecule has 132 valence electrons. The van der Waals surface area contributed by atoms with Crippen molar-refractivity contribution in [2.75, 3.05) is 5.32 Å². The summed E-state index contributed by atoms with van der Waals surface area (Å²) in [6.45, 7) is 4.05. The van der Waals surface area contributed by atoms with Crippen molar-refractivity contribution in [3.05, 3.63) is 53.1 Å². The summed E-state index contributed by atoms with van der Waals surface area (Å²) in [6, 6.07) is 5.61. The van der Waals surface area contributed by atoms with Gasteiger partial charge in [-0.15, -0.1) is 11.3 Å². The van der Waals surface area contributed by atoms with Gasteiger partial charge in [0.2, 0.25) is 0 Å². The first kappa shape index (κ1) is 16.5. The average Bonchev–Trinajstić information content (AvgIpc) is 3.33. The van der Waals surface area contributed by atoms with Crippen molar-refractivity contribution in [2.45, 2.75) is 26.7 Å². The molecule has 0 saturated heterocycles. The largest absolute Gasteiger partial charge is 0.469 e. The summed E-state index contributed by atoms with van der Waals surface area (Å²) in [4.78, 5) is 25.7. The Kier molecular flexibility index (Phi) is 4.30.